The molecule has 1 saturated carbocycles. The summed E-state index contributed by atoms with van der Waals surface area (Å²) in [5, 5.41) is 8.17. The molecule has 1 saturated heterocycles. The Hall–Kier alpha value is -2.34. The standard InChI is InChI=1S/C21H25N3O2S/c1-14-13-16(8-9-17(14)24-11-10-22-21(24)26)20(25)23-19(15-5-2-3-6-15)18-7-4-12-27-18/h4,7-9,12-13,15,19H,2-3,5-6,10-11H2,1H3,(H,22,26)(H,23,25). The van der Waals surface area contributed by atoms with Crippen LogP contribution >= 0.6 is 11.3 Å². The van der Waals surface area contributed by atoms with Crippen molar-refractivity contribution in [2.24, 2.45) is 5.92 Å². The molecule has 6 heteroatoms. The average molecular weight is 384 g/mol. The highest BCUT2D eigenvalue weighted by atomic mass is 32.1. The van der Waals surface area contributed by atoms with E-state index in [1.165, 1.54) is 30.6 Å². The van der Waals surface area contributed by atoms with E-state index in [0.717, 1.165) is 11.3 Å². The highest BCUT2D eigenvalue weighted by molar-refractivity contribution is 7.10. The number of urea groups is 1. The highest BCUT2D eigenvalue weighted by Gasteiger charge is 2.29. The molecule has 1 aliphatic heterocycles. The van der Waals surface area contributed by atoms with E-state index in [1.54, 1.807) is 16.2 Å². The van der Waals surface area contributed by atoms with Gasteiger partial charge < -0.3 is 10.6 Å². The Morgan fingerprint density at radius 3 is 2.74 bits per heavy atom. The van der Waals surface area contributed by atoms with Gasteiger partial charge in [0.1, 0.15) is 0 Å². The van der Waals surface area contributed by atoms with Crippen LogP contribution in [0, 0.1) is 12.8 Å². The van der Waals surface area contributed by atoms with Crippen LogP contribution in [-0.4, -0.2) is 25.0 Å². The summed E-state index contributed by atoms with van der Waals surface area (Å²) < 4.78 is 0. The smallest absolute Gasteiger partial charge is 0.322 e. The minimum Gasteiger partial charge on any atom is -0.344 e. The van der Waals surface area contributed by atoms with E-state index >= 15 is 0 Å². The lowest BCUT2D eigenvalue weighted by atomic mass is 9.96. The molecule has 1 unspecified atom stereocenters. The molecule has 4 rings (SSSR count). The molecule has 142 valence electrons. The van der Waals surface area contributed by atoms with Crippen molar-refractivity contribution in [3.05, 3.63) is 51.7 Å². The molecule has 0 radical (unpaired) electrons. The maximum absolute atomic E-state index is 13.0. The van der Waals surface area contributed by atoms with E-state index in [4.69, 9.17) is 0 Å². The fourth-order valence-electron chi connectivity index (χ4n) is 4.21. The zero-order chi connectivity index (χ0) is 18.8. The van der Waals surface area contributed by atoms with Crippen LogP contribution in [0.4, 0.5) is 10.5 Å². The number of benzene rings is 1. The van der Waals surface area contributed by atoms with Crippen molar-refractivity contribution in [1.29, 1.82) is 0 Å². The van der Waals surface area contributed by atoms with Gasteiger partial charge in [-0.25, -0.2) is 4.79 Å². The van der Waals surface area contributed by atoms with Gasteiger partial charge in [0, 0.05) is 29.2 Å². The molecule has 2 heterocycles. The van der Waals surface area contributed by atoms with Gasteiger partial charge in [-0.15, -0.1) is 11.3 Å². The molecule has 0 spiro atoms. The molecule has 1 atom stereocenters. The first-order chi connectivity index (χ1) is 13.1. The largest absolute Gasteiger partial charge is 0.344 e. The molecule has 1 aliphatic carbocycles. The van der Waals surface area contributed by atoms with Crippen molar-refractivity contribution in [2.75, 3.05) is 18.0 Å². The van der Waals surface area contributed by atoms with Crippen molar-refractivity contribution in [1.82, 2.24) is 10.6 Å². The molecule has 2 aromatic rings. The van der Waals surface area contributed by atoms with Gasteiger partial charge in [-0.2, -0.15) is 0 Å². The van der Waals surface area contributed by atoms with Crippen molar-refractivity contribution in [3.63, 3.8) is 0 Å². The summed E-state index contributed by atoms with van der Waals surface area (Å²) in [6.45, 7) is 3.27. The fraction of sp³-hybridized carbons (Fsp3) is 0.429. The zero-order valence-electron chi connectivity index (χ0n) is 15.5. The van der Waals surface area contributed by atoms with E-state index in [1.807, 2.05) is 31.2 Å². The first-order valence-corrected chi connectivity index (χ1v) is 10.5. The Balaban J connectivity index is 1.53. The Morgan fingerprint density at radius 2 is 2.11 bits per heavy atom. The summed E-state index contributed by atoms with van der Waals surface area (Å²) >= 11 is 1.71. The van der Waals surface area contributed by atoms with Gasteiger partial charge in [0.25, 0.3) is 5.91 Å². The van der Waals surface area contributed by atoms with Gasteiger partial charge in [-0.3, -0.25) is 9.69 Å². The van der Waals surface area contributed by atoms with Crippen LogP contribution in [0.5, 0.6) is 0 Å². The van der Waals surface area contributed by atoms with Crippen LogP contribution in [0.25, 0.3) is 0 Å². The van der Waals surface area contributed by atoms with Gasteiger partial charge in [0.05, 0.1) is 6.04 Å². The van der Waals surface area contributed by atoms with Crippen molar-refractivity contribution < 1.29 is 9.59 Å². The summed E-state index contributed by atoms with van der Waals surface area (Å²) in [7, 11) is 0. The number of carbonyl (C=O) groups is 2. The summed E-state index contributed by atoms with van der Waals surface area (Å²) in [6.07, 6.45) is 4.83. The molecule has 27 heavy (non-hydrogen) atoms. The predicted molar refractivity (Wildman–Crippen MR) is 108 cm³/mol. The number of anilines is 1. The molecule has 2 aliphatic rings. The third-order valence-corrected chi connectivity index (χ3v) is 6.57. The van der Waals surface area contributed by atoms with E-state index in [2.05, 4.69) is 22.1 Å². The number of rotatable bonds is 5. The molecule has 0 bridgehead atoms. The summed E-state index contributed by atoms with van der Waals surface area (Å²) in [5.41, 5.74) is 2.45. The summed E-state index contributed by atoms with van der Waals surface area (Å²) in [4.78, 5) is 27.8. The highest BCUT2D eigenvalue weighted by Crippen LogP contribution is 2.37. The number of nitrogens with one attached hydrogen (secondary N) is 2. The molecule has 3 amide bonds. The van der Waals surface area contributed by atoms with Crippen LogP contribution in [0.15, 0.2) is 35.7 Å². The van der Waals surface area contributed by atoms with Gasteiger partial charge >= 0.3 is 6.03 Å². The van der Waals surface area contributed by atoms with Gasteiger partial charge in [-0.05, 0) is 60.9 Å². The maximum atomic E-state index is 13.0. The normalized spacial score (nSPS) is 18.6. The average Bonchev–Trinajstić information content (AvgIpc) is 3.42. The van der Waals surface area contributed by atoms with Gasteiger partial charge in [0.2, 0.25) is 0 Å². The first-order valence-electron chi connectivity index (χ1n) is 9.64. The lowest BCUT2D eigenvalue weighted by Gasteiger charge is -2.24. The third kappa shape index (κ3) is 3.72. The topological polar surface area (TPSA) is 61.4 Å². The minimum atomic E-state index is -0.0747. The molecule has 2 N–H and O–H groups in total. The van der Waals surface area contributed by atoms with Gasteiger partial charge in [0.15, 0.2) is 0 Å². The lowest BCUT2D eigenvalue weighted by Crippen LogP contribution is -2.32. The SMILES string of the molecule is Cc1cc(C(=O)NC(c2cccs2)C2CCCC2)ccc1N1CCNC1=O. The molecule has 2 fully saturated rings. The van der Waals surface area contributed by atoms with Crippen molar-refractivity contribution >= 4 is 29.0 Å². The fourth-order valence-corrected chi connectivity index (χ4v) is 5.08. The number of nitrogens with zero attached hydrogens (tertiary/aromatic N) is 1. The second-order valence-corrected chi connectivity index (χ2v) is 8.38. The second-order valence-electron chi connectivity index (χ2n) is 7.40. The quantitative estimate of drug-likeness (QED) is 0.811. The van der Waals surface area contributed by atoms with Crippen LogP contribution in [0.2, 0.25) is 0 Å². The number of amides is 3. The number of carbonyl (C=O) groups excluding carboxylic acids is 2. The molecular formula is C21H25N3O2S. The monoisotopic (exact) mass is 383 g/mol. The number of aryl methyl sites for hydroxylation is 1. The first kappa shape index (κ1) is 18.0. The van der Waals surface area contributed by atoms with E-state index in [0.29, 0.717) is 24.6 Å². The van der Waals surface area contributed by atoms with Crippen LogP contribution in [0.3, 0.4) is 0 Å². The number of hydrogen-bond acceptors (Lipinski definition) is 3. The zero-order valence-corrected chi connectivity index (χ0v) is 16.3. The maximum Gasteiger partial charge on any atom is 0.322 e. The minimum absolute atomic E-state index is 0.0409. The second kappa shape index (κ2) is 7.72. The van der Waals surface area contributed by atoms with Crippen LogP contribution in [-0.2, 0) is 0 Å². The Bertz CT molecular complexity index is 828. The lowest BCUT2D eigenvalue weighted by molar-refractivity contribution is 0.0922. The van der Waals surface area contributed by atoms with Crippen LogP contribution < -0.4 is 15.5 Å². The predicted octanol–water partition coefficient (Wildman–Crippen LogP) is 4.25. The molecular weight excluding hydrogens is 358 g/mol. The Kier molecular flexibility index (Phi) is 5.16. The van der Waals surface area contributed by atoms with Crippen molar-refractivity contribution in [2.45, 2.75) is 38.6 Å². The number of hydrogen-bond donors (Lipinski definition) is 2. The molecule has 1 aromatic carbocycles. The van der Waals surface area contributed by atoms with Crippen molar-refractivity contribution in [3.8, 4) is 0 Å². The molecule has 1 aromatic heterocycles. The van der Waals surface area contributed by atoms with Gasteiger partial charge in [-0.1, -0.05) is 18.9 Å². The third-order valence-electron chi connectivity index (χ3n) is 5.61. The number of thiophene rings is 1. The van der Waals surface area contributed by atoms with E-state index in [9.17, 15) is 9.59 Å². The Labute approximate surface area is 163 Å². The van der Waals surface area contributed by atoms with Crippen LogP contribution in [0.1, 0.15) is 52.5 Å². The van der Waals surface area contributed by atoms with E-state index < -0.39 is 0 Å². The summed E-state index contributed by atoms with van der Waals surface area (Å²) in [5.74, 6) is 0.474. The molecule has 5 nitrogen and oxygen atoms in total. The Morgan fingerprint density at radius 1 is 1.30 bits per heavy atom. The van der Waals surface area contributed by atoms with E-state index in [-0.39, 0.29) is 18.0 Å². The summed E-state index contributed by atoms with van der Waals surface area (Å²) in [6, 6.07) is 9.77.